The monoisotopic (exact) mass is 296 g/mol. The fourth-order valence-electron chi connectivity index (χ4n) is 1.21. The van der Waals surface area contributed by atoms with Gasteiger partial charge in [0.1, 0.15) is 6.10 Å². The molecule has 0 aromatic rings. The van der Waals surface area contributed by atoms with Crippen LogP contribution >= 0.6 is 21.6 Å². The van der Waals surface area contributed by atoms with Crippen LogP contribution < -0.4 is 0 Å². The molecule has 106 valence electrons. The predicted octanol–water partition coefficient (Wildman–Crippen LogP) is 2.24. The summed E-state index contributed by atoms with van der Waals surface area (Å²) >= 11 is 0. The van der Waals surface area contributed by atoms with E-state index < -0.39 is 18.0 Å². The van der Waals surface area contributed by atoms with E-state index >= 15 is 0 Å². The number of aliphatic carboxylic acids is 2. The van der Waals surface area contributed by atoms with Crippen LogP contribution in [0.4, 0.5) is 0 Å². The maximum Gasteiger partial charge on any atom is 0.332 e. The molecule has 0 radical (unpaired) electrons. The summed E-state index contributed by atoms with van der Waals surface area (Å²) in [7, 11) is 3.92. The van der Waals surface area contributed by atoms with Gasteiger partial charge in [-0.25, -0.2) is 4.79 Å². The summed E-state index contributed by atoms with van der Waals surface area (Å²) in [4.78, 5) is 19.6. The Bertz CT molecular complexity index is 252. The average molecular weight is 296 g/mol. The van der Waals surface area contributed by atoms with Gasteiger partial charge in [-0.15, -0.1) is 0 Å². The quantitative estimate of drug-likeness (QED) is 0.511. The van der Waals surface area contributed by atoms with Gasteiger partial charge < -0.3 is 15.3 Å². The van der Waals surface area contributed by atoms with Crippen molar-refractivity contribution in [3.8, 4) is 0 Å². The van der Waals surface area contributed by atoms with Crippen molar-refractivity contribution < 1.29 is 24.9 Å². The fraction of sp³-hybridized carbons (Fsp3) is 0.818. The van der Waals surface area contributed by atoms with Crippen molar-refractivity contribution in [3.63, 3.8) is 0 Å². The molecule has 0 saturated carbocycles. The highest BCUT2D eigenvalue weighted by Crippen LogP contribution is 2.39. The van der Waals surface area contributed by atoms with E-state index in [9.17, 15) is 9.59 Å². The van der Waals surface area contributed by atoms with Gasteiger partial charge in [0.25, 0.3) is 0 Å². The zero-order valence-corrected chi connectivity index (χ0v) is 12.0. The summed E-state index contributed by atoms with van der Waals surface area (Å²) in [5.41, 5.74) is 0. The van der Waals surface area contributed by atoms with Gasteiger partial charge in [-0.1, -0.05) is 28.0 Å². The molecule has 1 aliphatic rings. The number of aliphatic hydroxyl groups is 1. The number of rotatable bonds is 6. The lowest BCUT2D eigenvalue weighted by molar-refractivity contribution is -0.145. The Morgan fingerprint density at radius 3 is 2.33 bits per heavy atom. The van der Waals surface area contributed by atoms with Crippen LogP contribution in [0.25, 0.3) is 0 Å². The summed E-state index contributed by atoms with van der Waals surface area (Å²) in [6.07, 6.45) is 3.53. The Kier molecular flexibility index (Phi) is 10.3. The SMILES string of the molecule is CC(O)C(=O)O.O=C(O)CCCC[C@@H]1CCSS1. The maximum atomic E-state index is 10.2. The molecule has 0 amide bonds. The van der Waals surface area contributed by atoms with E-state index in [1.165, 1.54) is 25.5 Å². The number of carboxylic acid groups (broad SMARTS) is 2. The van der Waals surface area contributed by atoms with Crippen LogP contribution in [-0.4, -0.2) is 44.4 Å². The summed E-state index contributed by atoms with van der Waals surface area (Å²) < 4.78 is 0. The molecule has 18 heavy (non-hydrogen) atoms. The molecule has 0 aromatic heterocycles. The predicted molar refractivity (Wildman–Crippen MR) is 73.9 cm³/mol. The van der Waals surface area contributed by atoms with Crippen molar-refractivity contribution in [1.82, 2.24) is 0 Å². The Labute approximate surface area is 115 Å². The fourth-order valence-corrected chi connectivity index (χ4v) is 4.24. The van der Waals surface area contributed by atoms with Crippen LogP contribution in [0.15, 0.2) is 0 Å². The molecule has 1 fully saturated rings. The summed E-state index contributed by atoms with van der Waals surface area (Å²) in [5.74, 6) is -0.577. The molecule has 1 saturated heterocycles. The first-order valence-corrected chi connectivity index (χ1v) is 8.22. The second-order valence-corrected chi connectivity index (χ2v) is 6.77. The highest BCUT2D eigenvalue weighted by molar-refractivity contribution is 8.77. The Balaban J connectivity index is 0.000000411. The number of carbonyl (C=O) groups is 2. The van der Waals surface area contributed by atoms with Crippen molar-refractivity contribution >= 4 is 33.5 Å². The van der Waals surface area contributed by atoms with Gasteiger partial charge in [-0.2, -0.15) is 0 Å². The molecule has 0 aliphatic carbocycles. The second-order valence-electron chi connectivity index (χ2n) is 3.98. The van der Waals surface area contributed by atoms with E-state index in [1.807, 2.05) is 21.6 Å². The van der Waals surface area contributed by atoms with Crippen molar-refractivity contribution in [2.75, 3.05) is 5.75 Å². The minimum atomic E-state index is -1.23. The summed E-state index contributed by atoms with van der Waals surface area (Å²) in [5, 5.41) is 25.0. The lowest BCUT2D eigenvalue weighted by Gasteiger charge is -2.04. The zero-order valence-electron chi connectivity index (χ0n) is 10.4. The molecule has 1 rings (SSSR count). The van der Waals surface area contributed by atoms with Crippen LogP contribution in [0.3, 0.4) is 0 Å². The highest BCUT2D eigenvalue weighted by Gasteiger charge is 2.15. The number of aliphatic hydroxyl groups excluding tert-OH is 1. The first-order chi connectivity index (χ1) is 8.43. The second kappa shape index (κ2) is 10.5. The van der Waals surface area contributed by atoms with E-state index in [4.69, 9.17) is 15.3 Å². The minimum absolute atomic E-state index is 0.338. The van der Waals surface area contributed by atoms with Gasteiger partial charge in [0.2, 0.25) is 0 Å². The third kappa shape index (κ3) is 10.7. The lowest BCUT2D eigenvalue weighted by Crippen LogP contribution is -2.13. The molecule has 0 aromatic carbocycles. The van der Waals surface area contributed by atoms with Gasteiger partial charge in [0.05, 0.1) is 0 Å². The van der Waals surface area contributed by atoms with Crippen LogP contribution in [0.1, 0.15) is 39.0 Å². The molecule has 1 aliphatic heterocycles. The number of hydrogen-bond donors (Lipinski definition) is 3. The first kappa shape index (κ1) is 17.6. The molecule has 2 atom stereocenters. The smallest absolute Gasteiger partial charge is 0.332 e. The zero-order chi connectivity index (χ0) is 14.0. The molecule has 3 N–H and O–H groups in total. The lowest BCUT2D eigenvalue weighted by atomic mass is 10.1. The largest absolute Gasteiger partial charge is 0.481 e. The first-order valence-electron chi connectivity index (χ1n) is 5.84. The van der Waals surface area contributed by atoms with Crippen LogP contribution in [0.2, 0.25) is 0 Å². The van der Waals surface area contributed by atoms with Gasteiger partial charge in [0, 0.05) is 17.4 Å². The molecular weight excluding hydrogens is 276 g/mol. The van der Waals surface area contributed by atoms with Crippen LogP contribution in [0.5, 0.6) is 0 Å². The standard InChI is InChI=1S/C8H14O2S2.C3H6O3/c9-8(10)4-2-1-3-7-5-6-11-12-7;1-2(4)3(5)6/h7H,1-6H2,(H,9,10);2,4H,1H3,(H,5,6)/t7-;/m1./s1. The molecule has 1 heterocycles. The van der Waals surface area contributed by atoms with Crippen LogP contribution in [-0.2, 0) is 9.59 Å². The maximum absolute atomic E-state index is 10.2. The van der Waals surface area contributed by atoms with Crippen molar-refractivity contribution in [1.29, 1.82) is 0 Å². The van der Waals surface area contributed by atoms with Gasteiger partial charge >= 0.3 is 11.9 Å². The molecule has 1 unspecified atom stereocenters. The van der Waals surface area contributed by atoms with Crippen molar-refractivity contribution in [3.05, 3.63) is 0 Å². The van der Waals surface area contributed by atoms with E-state index in [0.717, 1.165) is 18.1 Å². The third-order valence-corrected chi connectivity index (χ3v) is 5.26. The minimum Gasteiger partial charge on any atom is -0.481 e. The molecule has 0 spiro atoms. The molecule has 5 nitrogen and oxygen atoms in total. The molecular formula is C11H20O5S2. The van der Waals surface area contributed by atoms with Crippen molar-refractivity contribution in [2.45, 2.75) is 50.4 Å². The Morgan fingerprint density at radius 1 is 1.33 bits per heavy atom. The molecule has 7 heteroatoms. The van der Waals surface area contributed by atoms with Crippen LogP contribution in [0, 0.1) is 0 Å². The van der Waals surface area contributed by atoms with E-state index in [-0.39, 0.29) is 0 Å². The van der Waals surface area contributed by atoms with E-state index in [0.29, 0.717) is 6.42 Å². The normalized spacial score (nSPS) is 19.8. The summed E-state index contributed by atoms with van der Waals surface area (Å²) in [6, 6.07) is 0. The third-order valence-electron chi connectivity index (χ3n) is 2.25. The van der Waals surface area contributed by atoms with Crippen molar-refractivity contribution in [2.24, 2.45) is 0 Å². The van der Waals surface area contributed by atoms with Gasteiger partial charge in [-0.3, -0.25) is 4.79 Å². The van der Waals surface area contributed by atoms with E-state index in [1.54, 1.807) is 0 Å². The van der Waals surface area contributed by atoms with Gasteiger partial charge in [-0.05, 0) is 26.2 Å². The number of carboxylic acids is 2. The Hall–Kier alpha value is -0.400. The molecule has 0 bridgehead atoms. The van der Waals surface area contributed by atoms with E-state index in [2.05, 4.69) is 0 Å². The van der Waals surface area contributed by atoms with Gasteiger partial charge in [0.15, 0.2) is 0 Å². The number of hydrogen-bond acceptors (Lipinski definition) is 5. The number of unbranched alkanes of at least 4 members (excludes halogenated alkanes) is 1. The average Bonchev–Trinajstić information content (AvgIpc) is 2.77. The Morgan fingerprint density at radius 2 is 1.94 bits per heavy atom. The summed E-state index contributed by atoms with van der Waals surface area (Å²) in [6.45, 7) is 1.20. The topological polar surface area (TPSA) is 94.8 Å². The highest BCUT2D eigenvalue weighted by atomic mass is 33.1.